The van der Waals surface area contributed by atoms with Gasteiger partial charge in [0.15, 0.2) is 5.78 Å². The highest BCUT2D eigenvalue weighted by atomic mass is 35.5. The quantitative estimate of drug-likeness (QED) is 0.783. The van der Waals surface area contributed by atoms with Gasteiger partial charge < -0.3 is 9.47 Å². The number of ketones is 1. The number of piperazine rings is 1. The number of anilines is 1. The second-order valence-corrected chi connectivity index (χ2v) is 7.83. The third-order valence-electron chi connectivity index (χ3n) is 5.50. The number of rotatable bonds is 4. The summed E-state index contributed by atoms with van der Waals surface area (Å²) in [4.78, 5) is 16.8. The van der Waals surface area contributed by atoms with Crippen LogP contribution in [0.25, 0.3) is 0 Å². The van der Waals surface area contributed by atoms with Crippen molar-refractivity contribution in [3.05, 3.63) is 51.8 Å². The number of fused-ring (bicyclic) bond motifs is 1. The van der Waals surface area contributed by atoms with Crippen LogP contribution in [-0.4, -0.2) is 48.0 Å². The van der Waals surface area contributed by atoms with E-state index in [9.17, 15) is 4.79 Å². The molecule has 4 nitrogen and oxygen atoms in total. The largest absolute Gasteiger partial charge is 0.368 e. The van der Waals surface area contributed by atoms with Crippen molar-refractivity contribution in [2.45, 2.75) is 25.8 Å². The fourth-order valence-corrected chi connectivity index (χ4v) is 4.41. The number of carbonyl (C=O) groups excluding carboxylic acids is 1. The van der Waals surface area contributed by atoms with E-state index in [1.807, 2.05) is 24.3 Å². The molecule has 2 heterocycles. The van der Waals surface area contributed by atoms with E-state index >= 15 is 0 Å². The van der Waals surface area contributed by atoms with Gasteiger partial charge in [0.1, 0.15) is 0 Å². The maximum Gasteiger partial charge on any atom is 0.164 e. The van der Waals surface area contributed by atoms with Gasteiger partial charge in [0.25, 0.3) is 0 Å². The maximum atomic E-state index is 12.0. The first-order valence-corrected chi connectivity index (χ1v) is 10.0. The van der Waals surface area contributed by atoms with Crippen molar-refractivity contribution in [3.63, 3.8) is 0 Å². The average molecular weight is 392 g/mol. The van der Waals surface area contributed by atoms with Crippen LogP contribution in [0.15, 0.2) is 30.5 Å². The summed E-state index contributed by atoms with van der Waals surface area (Å²) in [6.07, 6.45) is 4.78. The molecule has 0 saturated carbocycles. The zero-order chi connectivity index (χ0) is 18.1. The van der Waals surface area contributed by atoms with Gasteiger partial charge in [0.05, 0.1) is 15.7 Å². The van der Waals surface area contributed by atoms with Crippen molar-refractivity contribution in [2.75, 3.05) is 37.6 Å². The molecular weight excluding hydrogens is 369 g/mol. The Morgan fingerprint density at radius 3 is 2.58 bits per heavy atom. The normalized spacial score (nSPS) is 18.2. The molecule has 0 amide bonds. The van der Waals surface area contributed by atoms with E-state index < -0.39 is 0 Å². The molecule has 1 fully saturated rings. The van der Waals surface area contributed by atoms with Gasteiger partial charge >= 0.3 is 0 Å². The van der Waals surface area contributed by atoms with Gasteiger partial charge in [-0.05, 0) is 31.0 Å². The van der Waals surface area contributed by atoms with Crippen LogP contribution in [0.5, 0.6) is 0 Å². The Labute approximate surface area is 164 Å². The standard InChI is InChI=1S/C20H23Cl2N3O/c21-16-3-1-5-18(20(16)22)25-13-10-23(11-14-25)9-12-24-8-7-15-17(24)4-2-6-19(15)26/h1,3,5,7-8H,2,4,6,9-14H2. The predicted molar refractivity (Wildman–Crippen MR) is 107 cm³/mol. The van der Waals surface area contributed by atoms with Crippen LogP contribution in [0.1, 0.15) is 28.9 Å². The fourth-order valence-electron chi connectivity index (χ4n) is 4.00. The lowest BCUT2D eigenvalue weighted by Crippen LogP contribution is -2.47. The first kappa shape index (κ1) is 17.9. The Kier molecular flexibility index (Phi) is 5.25. The molecule has 0 unspecified atom stereocenters. The van der Waals surface area contributed by atoms with Crippen molar-refractivity contribution >= 4 is 34.7 Å². The molecule has 6 heteroatoms. The van der Waals surface area contributed by atoms with Gasteiger partial charge in [-0.3, -0.25) is 9.69 Å². The molecule has 0 bridgehead atoms. The van der Waals surface area contributed by atoms with Crippen molar-refractivity contribution in [1.29, 1.82) is 0 Å². The van der Waals surface area contributed by atoms with Crippen LogP contribution in [0, 0.1) is 0 Å². The van der Waals surface area contributed by atoms with Crippen molar-refractivity contribution < 1.29 is 4.79 Å². The lowest BCUT2D eigenvalue weighted by atomic mass is 9.97. The van der Waals surface area contributed by atoms with E-state index in [-0.39, 0.29) is 0 Å². The number of hydrogen-bond donors (Lipinski definition) is 0. The Morgan fingerprint density at radius 1 is 0.962 bits per heavy atom. The molecule has 0 spiro atoms. The minimum atomic E-state index is 0.303. The monoisotopic (exact) mass is 391 g/mol. The number of nitrogens with zero attached hydrogens (tertiary/aromatic N) is 3. The second kappa shape index (κ2) is 7.63. The van der Waals surface area contributed by atoms with Crippen molar-refractivity contribution in [3.8, 4) is 0 Å². The van der Waals surface area contributed by atoms with Crippen LogP contribution < -0.4 is 4.90 Å². The van der Waals surface area contributed by atoms with Crippen LogP contribution >= 0.6 is 23.2 Å². The number of halogens is 2. The Bertz CT molecular complexity index is 809. The molecule has 1 saturated heterocycles. The van der Waals surface area contributed by atoms with Crippen LogP contribution in [-0.2, 0) is 13.0 Å². The average Bonchev–Trinajstić information content (AvgIpc) is 3.07. The van der Waals surface area contributed by atoms with Gasteiger partial charge in [-0.25, -0.2) is 0 Å². The lowest BCUT2D eigenvalue weighted by molar-refractivity contribution is 0.0971. The Hall–Kier alpha value is -1.49. The number of benzene rings is 1. The number of carbonyl (C=O) groups is 1. The van der Waals surface area contributed by atoms with E-state index in [4.69, 9.17) is 23.2 Å². The summed E-state index contributed by atoms with van der Waals surface area (Å²) in [5, 5.41) is 1.25. The second-order valence-electron chi connectivity index (χ2n) is 7.05. The molecule has 2 aliphatic rings. The molecule has 1 aromatic carbocycles. The van der Waals surface area contributed by atoms with Crippen LogP contribution in [0.3, 0.4) is 0 Å². The molecule has 0 N–H and O–H groups in total. The molecule has 1 aromatic heterocycles. The summed E-state index contributed by atoms with van der Waals surface area (Å²) in [7, 11) is 0. The zero-order valence-electron chi connectivity index (χ0n) is 14.8. The molecule has 2 aromatic rings. The first-order chi connectivity index (χ1) is 12.6. The first-order valence-electron chi connectivity index (χ1n) is 9.26. The third kappa shape index (κ3) is 3.51. The minimum Gasteiger partial charge on any atom is -0.368 e. The van der Waals surface area contributed by atoms with Crippen LogP contribution in [0.2, 0.25) is 10.0 Å². The molecule has 4 rings (SSSR count). The highest BCUT2D eigenvalue weighted by Gasteiger charge is 2.22. The fraction of sp³-hybridized carbons (Fsp3) is 0.450. The lowest BCUT2D eigenvalue weighted by Gasteiger charge is -2.36. The van der Waals surface area contributed by atoms with Crippen molar-refractivity contribution in [1.82, 2.24) is 9.47 Å². The van der Waals surface area contributed by atoms with Gasteiger partial charge in [-0.1, -0.05) is 29.3 Å². The zero-order valence-corrected chi connectivity index (χ0v) is 16.3. The van der Waals surface area contributed by atoms with Gasteiger partial charge in [0.2, 0.25) is 0 Å². The van der Waals surface area contributed by atoms with Gasteiger partial charge in [-0.2, -0.15) is 0 Å². The van der Waals surface area contributed by atoms with Gasteiger partial charge in [0, 0.05) is 63.1 Å². The molecule has 138 valence electrons. The third-order valence-corrected chi connectivity index (χ3v) is 6.31. The number of Topliss-reactive ketones (excluding diaryl/α,β-unsaturated/α-hetero) is 1. The van der Waals surface area contributed by atoms with E-state index in [1.165, 1.54) is 5.69 Å². The Balaban J connectivity index is 1.33. The summed E-state index contributed by atoms with van der Waals surface area (Å²) in [6.45, 7) is 5.86. The minimum absolute atomic E-state index is 0.303. The van der Waals surface area contributed by atoms with Crippen molar-refractivity contribution in [2.24, 2.45) is 0 Å². The van der Waals surface area contributed by atoms with E-state index in [1.54, 1.807) is 0 Å². The summed E-state index contributed by atoms with van der Waals surface area (Å²) < 4.78 is 2.27. The SMILES string of the molecule is O=C1CCCc2c1ccn2CCN1CCN(c2cccc(Cl)c2Cl)CC1. The Morgan fingerprint density at radius 2 is 1.77 bits per heavy atom. The maximum absolute atomic E-state index is 12.0. The van der Waals surface area contributed by atoms with E-state index in [0.29, 0.717) is 22.2 Å². The topological polar surface area (TPSA) is 28.5 Å². The number of aromatic nitrogens is 1. The summed E-state index contributed by atoms with van der Waals surface area (Å²) in [5.74, 6) is 0.303. The summed E-state index contributed by atoms with van der Waals surface area (Å²) in [5.41, 5.74) is 3.19. The molecule has 0 radical (unpaired) electrons. The molecular formula is C20H23Cl2N3O. The molecule has 0 atom stereocenters. The van der Waals surface area contributed by atoms with Crippen LogP contribution in [0.4, 0.5) is 5.69 Å². The van der Waals surface area contributed by atoms with Gasteiger partial charge in [-0.15, -0.1) is 0 Å². The highest BCUT2D eigenvalue weighted by Crippen LogP contribution is 2.32. The molecule has 1 aliphatic carbocycles. The summed E-state index contributed by atoms with van der Waals surface area (Å²) in [6, 6.07) is 7.81. The number of hydrogen-bond acceptors (Lipinski definition) is 3. The molecule has 26 heavy (non-hydrogen) atoms. The molecule has 1 aliphatic heterocycles. The predicted octanol–water partition coefficient (Wildman–Crippen LogP) is 4.14. The van der Waals surface area contributed by atoms with E-state index in [2.05, 4.69) is 20.6 Å². The van der Waals surface area contributed by atoms with E-state index in [0.717, 1.165) is 63.4 Å². The highest BCUT2D eigenvalue weighted by molar-refractivity contribution is 6.43. The smallest absolute Gasteiger partial charge is 0.164 e. The summed E-state index contributed by atoms with van der Waals surface area (Å²) >= 11 is 12.5.